The molecular weight excluding hydrogens is 148 g/mol. The van der Waals surface area contributed by atoms with Gasteiger partial charge in [0.25, 0.3) is 5.95 Å². The first-order valence-corrected chi connectivity index (χ1v) is 3.04. The topological polar surface area (TPSA) is 59.7 Å². The van der Waals surface area contributed by atoms with Crippen molar-refractivity contribution in [3.8, 4) is 5.95 Å². The molecule has 1 heterocycles. The largest absolute Gasteiger partial charge is 0.468 e. The number of methoxy groups -OCH3 is 1. The molecule has 4 heteroatoms. The highest BCUT2D eigenvalue weighted by atomic mass is 16.6. The molecule has 0 amide bonds. The molecular formula is C7H8O4. The summed E-state index contributed by atoms with van der Waals surface area (Å²) in [5, 5.41) is 8.58. The first kappa shape index (κ1) is 7.81. The van der Waals surface area contributed by atoms with E-state index in [2.05, 4.69) is 4.74 Å². The molecule has 0 saturated heterocycles. The van der Waals surface area contributed by atoms with Crippen LogP contribution in [0.25, 0.3) is 0 Å². The molecule has 0 aliphatic heterocycles. The van der Waals surface area contributed by atoms with Crippen molar-refractivity contribution in [1.82, 2.24) is 0 Å². The second-order valence-electron chi connectivity index (χ2n) is 1.95. The van der Waals surface area contributed by atoms with E-state index in [1.54, 1.807) is 0 Å². The highest BCUT2D eigenvalue weighted by molar-refractivity contribution is 5.13. The Morgan fingerprint density at radius 2 is 2.45 bits per heavy atom. The van der Waals surface area contributed by atoms with E-state index in [-0.39, 0.29) is 23.5 Å². The predicted octanol–water partition coefficient (Wildman–Crippen LogP) is 0.141. The van der Waals surface area contributed by atoms with Crippen LogP contribution in [0.4, 0.5) is 0 Å². The maximum Gasteiger partial charge on any atom is 0.287 e. The third-order valence-corrected chi connectivity index (χ3v) is 1.25. The third kappa shape index (κ3) is 1.59. The molecule has 1 rings (SSSR count). The van der Waals surface area contributed by atoms with E-state index >= 15 is 0 Å². The predicted molar refractivity (Wildman–Crippen MR) is 37.5 cm³/mol. The summed E-state index contributed by atoms with van der Waals surface area (Å²) in [6.45, 7) is -0.313. The van der Waals surface area contributed by atoms with Crippen LogP contribution in [0.15, 0.2) is 21.5 Å². The number of aliphatic hydroxyl groups excluding tert-OH is 1. The van der Waals surface area contributed by atoms with Crippen LogP contribution < -0.4 is 10.2 Å². The molecule has 0 bridgehead atoms. The van der Waals surface area contributed by atoms with E-state index in [1.165, 1.54) is 19.4 Å². The second-order valence-corrected chi connectivity index (χ2v) is 1.95. The Hall–Kier alpha value is -1.29. The van der Waals surface area contributed by atoms with Gasteiger partial charge < -0.3 is 14.3 Å². The van der Waals surface area contributed by atoms with Crippen LogP contribution in [0.2, 0.25) is 0 Å². The van der Waals surface area contributed by atoms with Crippen LogP contribution in [-0.2, 0) is 6.61 Å². The fourth-order valence-corrected chi connectivity index (χ4v) is 0.643. The van der Waals surface area contributed by atoms with Gasteiger partial charge >= 0.3 is 0 Å². The minimum Gasteiger partial charge on any atom is -0.468 e. The fourth-order valence-electron chi connectivity index (χ4n) is 0.643. The van der Waals surface area contributed by atoms with Crippen molar-refractivity contribution in [2.75, 3.05) is 7.11 Å². The molecule has 0 unspecified atom stereocenters. The molecule has 11 heavy (non-hydrogen) atoms. The summed E-state index contributed by atoms with van der Waals surface area (Å²) >= 11 is 0. The van der Waals surface area contributed by atoms with Crippen LogP contribution in [0.5, 0.6) is 5.95 Å². The van der Waals surface area contributed by atoms with Crippen molar-refractivity contribution in [3.05, 3.63) is 28.1 Å². The Morgan fingerprint density at radius 1 is 1.73 bits per heavy atom. The van der Waals surface area contributed by atoms with Gasteiger partial charge in [-0.1, -0.05) is 0 Å². The molecule has 0 fully saturated rings. The van der Waals surface area contributed by atoms with Crippen molar-refractivity contribution in [1.29, 1.82) is 0 Å². The lowest BCUT2D eigenvalue weighted by atomic mass is 10.3. The maximum absolute atomic E-state index is 10.9. The van der Waals surface area contributed by atoms with E-state index in [4.69, 9.17) is 9.52 Å². The summed E-state index contributed by atoms with van der Waals surface area (Å²) in [5.41, 5.74) is -0.0543. The van der Waals surface area contributed by atoms with Crippen LogP contribution in [0.3, 0.4) is 0 Å². The Kier molecular flexibility index (Phi) is 2.28. The number of ether oxygens (including phenoxy) is 1. The Bertz CT molecular complexity index is 289. The summed E-state index contributed by atoms with van der Waals surface area (Å²) in [6, 6.07) is 1.19. The van der Waals surface area contributed by atoms with Crippen LogP contribution in [-0.4, -0.2) is 12.2 Å². The Morgan fingerprint density at radius 3 is 2.91 bits per heavy atom. The van der Waals surface area contributed by atoms with Gasteiger partial charge in [0.15, 0.2) is 5.43 Å². The quantitative estimate of drug-likeness (QED) is 0.661. The van der Waals surface area contributed by atoms with Crippen LogP contribution >= 0.6 is 0 Å². The van der Waals surface area contributed by atoms with Gasteiger partial charge in [-0.3, -0.25) is 4.79 Å². The van der Waals surface area contributed by atoms with Gasteiger partial charge in [0.05, 0.1) is 25.3 Å². The summed E-state index contributed by atoms with van der Waals surface area (Å²) in [4.78, 5) is 10.9. The summed E-state index contributed by atoms with van der Waals surface area (Å²) in [5.74, 6) is 0.146. The van der Waals surface area contributed by atoms with Gasteiger partial charge in [-0.2, -0.15) is 0 Å². The SMILES string of the molecule is COc1cc(=O)c(CO)co1. The zero-order valence-corrected chi connectivity index (χ0v) is 6.03. The lowest BCUT2D eigenvalue weighted by Gasteiger charge is -1.97. The summed E-state index contributed by atoms with van der Waals surface area (Å²) in [7, 11) is 1.40. The summed E-state index contributed by atoms with van der Waals surface area (Å²) in [6.07, 6.45) is 1.18. The van der Waals surface area contributed by atoms with Gasteiger partial charge in [-0.05, 0) is 0 Å². The van der Waals surface area contributed by atoms with Gasteiger partial charge in [0.1, 0.15) is 6.26 Å². The average molecular weight is 156 g/mol. The molecule has 4 nitrogen and oxygen atoms in total. The smallest absolute Gasteiger partial charge is 0.287 e. The van der Waals surface area contributed by atoms with E-state index in [1.807, 2.05) is 0 Å². The Balaban J connectivity index is 3.10. The standard InChI is InChI=1S/C7H8O4/c1-10-7-2-6(9)5(3-8)4-11-7/h2,4,8H,3H2,1H3. The minimum atomic E-state index is -0.313. The molecule has 1 aromatic rings. The Labute approximate surface area is 63.0 Å². The molecule has 1 N–H and O–H groups in total. The van der Waals surface area contributed by atoms with Crippen LogP contribution in [0.1, 0.15) is 5.56 Å². The molecule has 0 spiro atoms. The van der Waals surface area contributed by atoms with Crippen molar-refractivity contribution < 1.29 is 14.3 Å². The molecule has 0 aromatic carbocycles. The molecule has 0 saturated carbocycles. The lowest BCUT2D eigenvalue weighted by molar-refractivity contribution is 0.264. The highest BCUT2D eigenvalue weighted by Crippen LogP contribution is 2.05. The fraction of sp³-hybridized carbons (Fsp3) is 0.286. The van der Waals surface area contributed by atoms with Crippen molar-refractivity contribution >= 4 is 0 Å². The van der Waals surface area contributed by atoms with Crippen molar-refractivity contribution in [2.24, 2.45) is 0 Å². The van der Waals surface area contributed by atoms with Gasteiger partial charge in [0, 0.05) is 0 Å². The van der Waals surface area contributed by atoms with Gasteiger partial charge in [-0.15, -0.1) is 0 Å². The minimum absolute atomic E-state index is 0.146. The summed E-state index contributed by atoms with van der Waals surface area (Å²) < 4.78 is 9.44. The normalized spacial score (nSPS) is 9.64. The molecule has 0 aliphatic carbocycles. The molecule has 0 radical (unpaired) electrons. The third-order valence-electron chi connectivity index (χ3n) is 1.25. The zero-order chi connectivity index (χ0) is 8.27. The lowest BCUT2D eigenvalue weighted by Crippen LogP contribution is -2.06. The molecule has 1 aromatic heterocycles. The highest BCUT2D eigenvalue weighted by Gasteiger charge is 2.00. The molecule has 0 atom stereocenters. The van der Waals surface area contributed by atoms with E-state index in [0.29, 0.717) is 0 Å². The van der Waals surface area contributed by atoms with E-state index < -0.39 is 0 Å². The maximum atomic E-state index is 10.9. The number of hydrogen-bond donors (Lipinski definition) is 1. The van der Waals surface area contributed by atoms with Gasteiger partial charge in [-0.25, -0.2) is 0 Å². The zero-order valence-electron chi connectivity index (χ0n) is 6.03. The number of aliphatic hydroxyl groups is 1. The first-order chi connectivity index (χ1) is 5.27. The monoisotopic (exact) mass is 156 g/mol. The van der Waals surface area contributed by atoms with Crippen LogP contribution in [0, 0.1) is 0 Å². The van der Waals surface area contributed by atoms with Gasteiger partial charge in [0.2, 0.25) is 0 Å². The first-order valence-electron chi connectivity index (χ1n) is 3.04. The molecule has 0 aliphatic rings. The number of hydrogen-bond acceptors (Lipinski definition) is 4. The van der Waals surface area contributed by atoms with Crippen molar-refractivity contribution in [3.63, 3.8) is 0 Å². The van der Waals surface area contributed by atoms with E-state index in [0.717, 1.165) is 0 Å². The second kappa shape index (κ2) is 3.21. The number of rotatable bonds is 2. The van der Waals surface area contributed by atoms with Crippen molar-refractivity contribution in [2.45, 2.75) is 6.61 Å². The average Bonchev–Trinajstić information content (AvgIpc) is 2.04. The van der Waals surface area contributed by atoms with E-state index in [9.17, 15) is 4.79 Å². The molecule has 60 valence electrons.